The summed E-state index contributed by atoms with van der Waals surface area (Å²) in [6.45, 7) is 1.99. The fourth-order valence-corrected chi connectivity index (χ4v) is 4.05. The molecule has 0 aliphatic rings. The van der Waals surface area contributed by atoms with Gasteiger partial charge in [-0.25, -0.2) is 4.98 Å². The van der Waals surface area contributed by atoms with E-state index in [4.69, 9.17) is 11.6 Å². The lowest BCUT2D eigenvalue weighted by Crippen LogP contribution is -2.34. The highest BCUT2D eigenvalue weighted by Gasteiger charge is 2.17. The van der Waals surface area contributed by atoms with Crippen LogP contribution in [-0.2, 0) is 6.42 Å². The molecule has 0 spiro atoms. The molecule has 5 nitrogen and oxygen atoms in total. The molecule has 0 fully saturated rings. The van der Waals surface area contributed by atoms with E-state index in [2.05, 4.69) is 15.3 Å². The number of nitrogens with one attached hydrogen (secondary N) is 1. The third-order valence-electron chi connectivity index (χ3n) is 4.26. The lowest BCUT2D eigenvalue weighted by atomic mass is 10.1. The van der Waals surface area contributed by atoms with Crippen molar-refractivity contribution in [1.82, 2.24) is 19.7 Å². The summed E-state index contributed by atoms with van der Waals surface area (Å²) in [5, 5.41) is 5.52. The van der Waals surface area contributed by atoms with E-state index in [9.17, 15) is 4.79 Å². The summed E-state index contributed by atoms with van der Waals surface area (Å²) in [7, 11) is 0. The van der Waals surface area contributed by atoms with Gasteiger partial charge in [-0.1, -0.05) is 29.8 Å². The smallest absolute Gasteiger partial charge is 0.269 e. The quantitative estimate of drug-likeness (QED) is 0.541. The fourth-order valence-electron chi connectivity index (χ4n) is 2.97. The first-order valence-electron chi connectivity index (χ1n) is 8.53. The Morgan fingerprint density at radius 1 is 1.26 bits per heavy atom. The van der Waals surface area contributed by atoms with Crippen LogP contribution in [0.3, 0.4) is 0 Å². The molecule has 1 atom stereocenters. The number of thiazole rings is 1. The van der Waals surface area contributed by atoms with Gasteiger partial charge in [-0.15, -0.1) is 11.3 Å². The Hall–Kier alpha value is -2.70. The zero-order valence-electron chi connectivity index (χ0n) is 14.6. The van der Waals surface area contributed by atoms with Gasteiger partial charge in [0, 0.05) is 35.6 Å². The minimum atomic E-state index is -0.120. The predicted octanol–water partition coefficient (Wildman–Crippen LogP) is 4.47. The van der Waals surface area contributed by atoms with Gasteiger partial charge in [0.1, 0.15) is 5.69 Å². The number of imidazole rings is 1. The maximum Gasteiger partial charge on any atom is 0.269 e. The van der Waals surface area contributed by atoms with Crippen molar-refractivity contribution in [1.29, 1.82) is 0 Å². The maximum absolute atomic E-state index is 12.7. The number of rotatable bonds is 5. The van der Waals surface area contributed by atoms with E-state index in [0.29, 0.717) is 10.7 Å². The molecule has 1 aromatic carbocycles. The fraction of sp³-hybridized carbons (Fsp3) is 0.150. The van der Waals surface area contributed by atoms with Gasteiger partial charge < -0.3 is 5.32 Å². The number of carbonyl (C=O) groups is 1. The van der Waals surface area contributed by atoms with E-state index in [1.807, 2.05) is 59.3 Å². The topological polar surface area (TPSA) is 59.3 Å². The first-order chi connectivity index (χ1) is 13.1. The van der Waals surface area contributed by atoms with Crippen molar-refractivity contribution in [3.8, 4) is 11.3 Å². The molecule has 0 aliphatic carbocycles. The van der Waals surface area contributed by atoms with Crippen LogP contribution in [-0.4, -0.2) is 26.3 Å². The number of hydrogen-bond acceptors (Lipinski definition) is 4. The molecule has 1 N–H and O–H groups in total. The Bertz CT molecular complexity index is 1090. The van der Waals surface area contributed by atoms with E-state index in [-0.39, 0.29) is 11.9 Å². The number of nitrogens with zero attached hydrogens (tertiary/aromatic N) is 3. The number of amides is 1. The van der Waals surface area contributed by atoms with Crippen LogP contribution in [0.5, 0.6) is 0 Å². The molecule has 0 bridgehead atoms. The Morgan fingerprint density at radius 3 is 2.81 bits per heavy atom. The highest BCUT2D eigenvalue weighted by Crippen LogP contribution is 2.29. The second-order valence-corrected chi connectivity index (χ2v) is 7.56. The molecule has 3 heterocycles. The van der Waals surface area contributed by atoms with E-state index >= 15 is 0 Å². The number of aromatic nitrogens is 3. The largest absolute Gasteiger partial charge is 0.348 e. The minimum absolute atomic E-state index is 0.00131. The molecule has 0 radical (unpaired) electrons. The average molecular weight is 397 g/mol. The SMILES string of the molecule is C[C@H](Cc1ccncc1)NC(=O)c1csc2nc(-c3ccccc3Cl)cn12. The van der Waals surface area contributed by atoms with Crippen molar-refractivity contribution < 1.29 is 4.79 Å². The summed E-state index contributed by atoms with van der Waals surface area (Å²) < 4.78 is 1.82. The molecular formula is C20H17ClN4OS. The van der Waals surface area contributed by atoms with Crippen LogP contribution in [0.25, 0.3) is 16.2 Å². The number of hydrogen-bond donors (Lipinski definition) is 1. The Labute approximate surface area is 165 Å². The summed E-state index contributed by atoms with van der Waals surface area (Å²) in [5.74, 6) is -0.120. The van der Waals surface area contributed by atoms with Crippen LogP contribution in [0, 0.1) is 0 Å². The van der Waals surface area contributed by atoms with Crippen molar-refractivity contribution in [3.05, 3.63) is 76.6 Å². The molecule has 4 aromatic rings. The molecule has 0 unspecified atom stereocenters. The molecule has 0 aliphatic heterocycles. The zero-order chi connectivity index (χ0) is 18.8. The number of carbonyl (C=O) groups excluding carboxylic acids is 1. The van der Waals surface area contributed by atoms with E-state index in [1.165, 1.54) is 11.3 Å². The second kappa shape index (κ2) is 7.50. The second-order valence-electron chi connectivity index (χ2n) is 6.31. The van der Waals surface area contributed by atoms with Crippen LogP contribution in [0.2, 0.25) is 5.02 Å². The minimum Gasteiger partial charge on any atom is -0.348 e. The highest BCUT2D eigenvalue weighted by molar-refractivity contribution is 7.15. The zero-order valence-corrected chi connectivity index (χ0v) is 16.2. The lowest BCUT2D eigenvalue weighted by Gasteiger charge is -2.13. The lowest BCUT2D eigenvalue weighted by molar-refractivity contribution is 0.0934. The summed E-state index contributed by atoms with van der Waals surface area (Å²) in [4.78, 5) is 22.1. The summed E-state index contributed by atoms with van der Waals surface area (Å²) in [6, 6.07) is 11.5. The molecule has 4 rings (SSSR count). The van der Waals surface area contributed by atoms with Gasteiger partial charge in [0.25, 0.3) is 5.91 Å². The molecule has 27 heavy (non-hydrogen) atoms. The predicted molar refractivity (Wildman–Crippen MR) is 108 cm³/mol. The molecule has 0 saturated carbocycles. The summed E-state index contributed by atoms with van der Waals surface area (Å²) >= 11 is 7.71. The molecule has 7 heteroatoms. The van der Waals surface area contributed by atoms with Crippen molar-refractivity contribution >= 4 is 33.8 Å². The van der Waals surface area contributed by atoms with Crippen LogP contribution >= 0.6 is 22.9 Å². The molecule has 3 aromatic heterocycles. The van der Waals surface area contributed by atoms with Gasteiger partial charge >= 0.3 is 0 Å². The Morgan fingerprint density at radius 2 is 2.04 bits per heavy atom. The van der Waals surface area contributed by atoms with E-state index in [0.717, 1.165) is 28.2 Å². The number of halogens is 1. The van der Waals surface area contributed by atoms with Gasteiger partial charge in [-0.05, 0) is 37.1 Å². The third kappa shape index (κ3) is 3.72. The molecule has 0 saturated heterocycles. The highest BCUT2D eigenvalue weighted by atomic mass is 35.5. The van der Waals surface area contributed by atoms with Crippen LogP contribution in [0.4, 0.5) is 0 Å². The number of pyridine rings is 1. The van der Waals surface area contributed by atoms with Crippen LogP contribution in [0.15, 0.2) is 60.4 Å². The van der Waals surface area contributed by atoms with Gasteiger partial charge in [-0.3, -0.25) is 14.2 Å². The first kappa shape index (κ1) is 17.7. The van der Waals surface area contributed by atoms with Gasteiger partial charge in [-0.2, -0.15) is 0 Å². The van der Waals surface area contributed by atoms with Crippen molar-refractivity contribution in [2.45, 2.75) is 19.4 Å². The van der Waals surface area contributed by atoms with Gasteiger partial charge in [0.2, 0.25) is 0 Å². The molecular weight excluding hydrogens is 380 g/mol. The van der Waals surface area contributed by atoms with Gasteiger partial charge in [0.05, 0.1) is 10.7 Å². The number of fused-ring (bicyclic) bond motifs is 1. The van der Waals surface area contributed by atoms with E-state index < -0.39 is 0 Å². The third-order valence-corrected chi connectivity index (χ3v) is 5.43. The average Bonchev–Trinajstić information content (AvgIpc) is 3.23. The van der Waals surface area contributed by atoms with Crippen LogP contribution in [0.1, 0.15) is 23.0 Å². The Balaban J connectivity index is 1.55. The standard InChI is InChI=1S/C20H17ClN4OS/c1-13(10-14-6-8-22-9-7-14)23-19(26)18-12-27-20-24-17(11-25(18)20)15-4-2-3-5-16(15)21/h2-9,11-13H,10H2,1H3,(H,23,26)/t13-/m1/s1. The van der Waals surface area contributed by atoms with Crippen molar-refractivity contribution in [2.24, 2.45) is 0 Å². The monoisotopic (exact) mass is 396 g/mol. The van der Waals surface area contributed by atoms with E-state index in [1.54, 1.807) is 12.4 Å². The van der Waals surface area contributed by atoms with Crippen LogP contribution < -0.4 is 5.32 Å². The maximum atomic E-state index is 12.7. The van der Waals surface area contributed by atoms with Gasteiger partial charge in [0.15, 0.2) is 4.96 Å². The van der Waals surface area contributed by atoms with Crippen molar-refractivity contribution in [3.63, 3.8) is 0 Å². The Kier molecular flexibility index (Phi) is 4.92. The molecule has 136 valence electrons. The first-order valence-corrected chi connectivity index (χ1v) is 9.79. The van der Waals surface area contributed by atoms with Crippen molar-refractivity contribution in [2.75, 3.05) is 0 Å². The number of benzene rings is 1. The summed E-state index contributed by atoms with van der Waals surface area (Å²) in [6.07, 6.45) is 6.12. The normalized spacial score (nSPS) is 12.2. The molecule has 1 amide bonds. The summed E-state index contributed by atoms with van der Waals surface area (Å²) in [5.41, 5.74) is 3.32.